The molecule has 21 heavy (non-hydrogen) atoms. The Hall–Kier alpha value is -1.60. The van der Waals surface area contributed by atoms with E-state index in [1.165, 1.54) is 29.5 Å². The van der Waals surface area contributed by atoms with Gasteiger partial charge in [-0.15, -0.1) is 0 Å². The normalized spacial score (nSPS) is 21.0. The van der Waals surface area contributed by atoms with Gasteiger partial charge in [0.1, 0.15) is 0 Å². The molecule has 1 aliphatic carbocycles. The van der Waals surface area contributed by atoms with Crippen molar-refractivity contribution in [3.8, 4) is 0 Å². The molecule has 2 aromatic rings. The van der Waals surface area contributed by atoms with Gasteiger partial charge in [-0.3, -0.25) is 0 Å². The van der Waals surface area contributed by atoms with E-state index in [1.807, 2.05) is 0 Å². The van der Waals surface area contributed by atoms with Crippen LogP contribution in [0.4, 0.5) is 0 Å². The van der Waals surface area contributed by atoms with Crippen LogP contribution in [-0.4, -0.2) is 12.6 Å². The Morgan fingerprint density at radius 1 is 1.00 bits per heavy atom. The Labute approximate surface area is 128 Å². The van der Waals surface area contributed by atoms with Gasteiger partial charge in [-0.25, -0.2) is 0 Å². The Kier molecular flexibility index (Phi) is 4.40. The molecule has 0 amide bonds. The van der Waals surface area contributed by atoms with Crippen LogP contribution >= 0.6 is 0 Å². The van der Waals surface area contributed by atoms with Gasteiger partial charge < -0.3 is 5.32 Å². The minimum absolute atomic E-state index is 0.708. The molecule has 0 radical (unpaired) electrons. The summed E-state index contributed by atoms with van der Waals surface area (Å²) >= 11 is 0. The molecule has 1 N–H and O–H groups in total. The first kappa shape index (κ1) is 14.3. The molecule has 1 nitrogen and oxygen atoms in total. The minimum atomic E-state index is 0.708. The Morgan fingerprint density at radius 3 is 2.57 bits per heavy atom. The molecule has 1 heteroatoms. The second kappa shape index (κ2) is 6.44. The lowest BCUT2D eigenvalue weighted by Gasteiger charge is -2.37. The molecular formula is C20H25N. The zero-order valence-corrected chi connectivity index (χ0v) is 13.1. The van der Waals surface area contributed by atoms with Gasteiger partial charge in [-0.2, -0.15) is 0 Å². The SMILES string of the molecule is Cc1cccc(CCNC2CC(c3ccccc3C)C2)c1. The van der Waals surface area contributed by atoms with Crippen LogP contribution < -0.4 is 5.32 Å². The van der Waals surface area contributed by atoms with Gasteiger partial charge in [-0.05, 0) is 62.3 Å². The van der Waals surface area contributed by atoms with Crippen molar-refractivity contribution in [2.45, 2.75) is 45.1 Å². The van der Waals surface area contributed by atoms with Crippen LogP contribution in [0, 0.1) is 13.8 Å². The predicted molar refractivity (Wildman–Crippen MR) is 89.8 cm³/mol. The lowest BCUT2D eigenvalue weighted by Crippen LogP contribution is -2.41. The summed E-state index contributed by atoms with van der Waals surface area (Å²) in [6.45, 7) is 5.48. The van der Waals surface area contributed by atoms with Gasteiger partial charge in [-0.1, -0.05) is 54.1 Å². The standard InChI is InChI=1S/C20H25N/c1-15-6-5-8-17(12-15)10-11-21-19-13-18(14-19)20-9-4-3-7-16(20)2/h3-9,12,18-19,21H,10-11,13-14H2,1-2H3. The Morgan fingerprint density at radius 2 is 1.81 bits per heavy atom. The average Bonchev–Trinajstić information content (AvgIpc) is 2.43. The van der Waals surface area contributed by atoms with Gasteiger partial charge in [0.05, 0.1) is 0 Å². The summed E-state index contributed by atoms with van der Waals surface area (Å²) < 4.78 is 0. The molecule has 3 rings (SSSR count). The molecule has 1 aliphatic rings. The summed E-state index contributed by atoms with van der Waals surface area (Å²) in [6, 6.07) is 18.4. The molecule has 0 bridgehead atoms. The third-order valence-electron chi connectivity index (χ3n) is 4.70. The second-order valence-electron chi connectivity index (χ2n) is 6.42. The maximum Gasteiger partial charge on any atom is 0.00788 e. The maximum atomic E-state index is 3.71. The van der Waals surface area contributed by atoms with Gasteiger partial charge in [0, 0.05) is 6.04 Å². The van der Waals surface area contributed by atoms with Crippen LogP contribution in [0.25, 0.3) is 0 Å². The summed E-state index contributed by atoms with van der Waals surface area (Å²) in [5, 5.41) is 3.71. The first-order valence-electron chi connectivity index (χ1n) is 8.07. The lowest BCUT2D eigenvalue weighted by atomic mass is 9.74. The molecule has 0 aliphatic heterocycles. The highest BCUT2D eigenvalue weighted by Crippen LogP contribution is 2.38. The van der Waals surface area contributed by atoms with Crippen molar-refractivity contribution in [3.05, 3.63) is 70.8 Å². The third-order valence-corrected chi connectivity index (χ3v) is 4.70. The molecule has 0 saturated heterocycles. The first-order valence-corrected chi connectivity index (χ1v) is 8.07. The highest BCUT2D eigenvalue weighted by atomic mass is 14.9. The van der Waals surface area contributed by atoms with E-state index in [0.29, 0.717) is 6.04 Å². The summed E-state index contributed by atoms with van der Waals surface area (Å²) in [4.78, 5) is 0. The number of hydrogen-bond acceptors (Lipinski definition) is 1. The van der Waals surface area contributed by atoms with Gasteiger partial charge in [0.2, 0.25) is 0 Å². The van der Waals surface area contributed by atoms with Crippen molar-refractivity contribution < 1.29 is 0 Å². The van der Waals surface area contributed by atoms with E-state index < -0.39 is 0 Å². The molecule has 1 fully saturated rings. The zero-order chi connectivity index (χ0) is 14.7. The highest BCUT2D eigenvalue weighted by molar-refractivity contribution is 5.31. The fourth-order valence-electron chi connectivity index (χ4n) is 3.37. The van der Waals surface area contributed by atoms with Crippen molar-refractivity contribution in [3.63, 3.8) is 0 Å². The lowest BCUT2D eigenvalue weighted by molar-refractivity contribution is 0.292. The molecule has 1 saturated carbocycles. The fourth-order valence-corrected chi connectivity index (χ4v) is 3.37. The van der Waals surface area contributed by atoms with Crippen molar-refractivity contribution in [1.82, 2.24) is 5.32 Å². The van der Waals surface area contributed by atoms with E-state index in [2.05, 4.69) is 67.7 Å². The Bertz CT molecular complexity index is 596. The van der Waals surface area contributed by atoms with Crippen LogP contribution in [0.5, 0.6) is 0 Å². The molecule has 0 atom stereocenters. The van der Waals surface area contributed by atoms with Gasteiger partial charge in [0.25, 0.3) is 0 Å². The summed E-state index contributed by atoms with van der Waals surface area (Å²) in [6.07, 6.45) is 3.71. The van der Waals surface area contributed by atoms with Crippen molar-refractivity contribution >= 4 is 0 Å². The molecule has 0 aromatic heterocycles. The molecule has 0 unspecified atom stereocenters. The molecular weight excluding hydrogens is 254 g/mol. The Balaban J connectivity index is 1.42. The highest BCUT2D eigenvalue weighted by Gasteiger charge is 2.30. The minimum Gasteiger partial charge on any atom is -0.314 e. The van der Waals surface area contributed by atoms with E-state index in [9.17, 15) is 0 Å². The van der Waals surface area contributed by atoms with Crippen molar-refractivity contribution in [1.29, 1.82) is 0 Å². The quantitative estimate of drug-likeness (QED) is 0.856. The van der Waals surface area contributed by atoms with Crippen LogP contribution in [0.15, 0.2) is 48.5 Å². The number of nitrogens with one attached hydrogen (secondary N) is 1. The average molecular weight is 279 g/mol. The smallest absolute Gasteiger partial charge is 0.00788 e. The monoisotopic (exact) mass is 279 g/mol. The topological polar surface area (TPSA) is 12.0 Å². The van der Waals surface area contributed by atoms with E-state index >= 15 is 0 Å². The molecule has 0 spiro atoms. The summed E-state index contributed by atoms with van der Waals surface area (Å²) in [5.41, 5.74) is 5.79. The van der Waals surface area contributed by atoms with Crippen LogP contribution in [-0.2, 0) is 6.42 Å². The predicted octanol–water partition coefficient (Wildman–Crippen LogP) is 4.38. The van der Waals surface area contributed by atoms with Crippen LogP contribution in [0.3, 0.4) is 0 Å². The molecule has 2 aromatic carbocycles. The maximum absolute atomic E-state index is 3.71. The molecule has 110 valence electrons. The number of benzene rings is 2. The third kappa shape index (κ3) is 3.54. The van der Waals surface area contributed by atoms with E-state index in [0.717, 1.165) is 18.9 Å². The largest absolute Gasteiger partial charge is 0.314 e. The number of aryl methyl sites for hydroxylation is 2. The van der Waals surface area contributed by atoms with Crippen LogP contribution in [0.2, 0.25) is 0 Å². The number of hydrogen-bond donors (Lipinski definition) is 1. The second-order valence-corrected chi connectivity index (χ2v) is 6.42. The number of rotatable bonds is 5. The molecule has 0 heterocycles. The summed E-state index contributed by atoms with van der Waals surface area (Å²) in [5.74, 6) is 0.766. The van der Waals surface area contributed by atoms with Gasteiger partial charge in [0.15, 0.2) is 0 Å². The van der Waals surface area contributed by atoms with E-state index in [-0.39, 0.29) is 0 Å². The van der Waals surface area contributed by atoms with E-state index in [1.54, 1.807) is 5.56 Å². The van der Waals surface area contributed by atoms with Crippen LogP contribution in [0.1, 0.15) is 41.0 Å². The van der Waals surface area contributed by atoms with Crippen molar-refractivity contribution in [2.24, 2.45) is 0 Å². The van der Waals surface area contributed by atoms with E-state index in [4.69, 9.17) is 0 Å². The van der Waals surface area contributed by atoms with Crippen molar-refractivity contribution in [2.75, 3.05) is 6.54 Å². The first-order chi connectivity index (χ1) is 10.2. The fraction of sp³-hybridized carbons (Fsp3) is 0.400. The van der Waals surface area contributed by atoms with Gasteiger partial charge >= 0.3 is 0 Å². The zero-order valence-electron chi connectivity index (χ0n) is 13.1. The summed E-state index contributed by atoms with van der Waals surface area (Å²) in [7, 11) is 0.